The molecule has 1 saturated carbocycles. The lowest BCUT2D eigenvalue weighted by molar-refractivity contribution is -0.0608. The molecule has 0 spiro atoms. The second kappa shape index (κ2) is 8.18. The van der Waals surface area contributed by atoms with Gasteiger partial charge in [-0.15, -0.1) is 0 Å². The molecule has 3 aliphatic rings. The third-order valence-electron chi connectivity index (χ3n) is 7.50. The normalized spacial score (nSPS) is 31.6. The first-order chi connectivity index (χ1) is 14.6. The second-order valence-corrected chi connectivity index (χ2v) is 10.5. The number of aliphatic hydroxyl groups is 1. The molecule has 3 N–H and O–H groups in total. The van der Waals surface area contributed by atoms with Crippen molar-refractivity contribution in [1.29, 1.82) is 0 Å². The van der Waals surface area contributed by atoms with Crippen molar-refractivity contribution in [3.05, 3.63) is 59.7 Å². The Bertz CT molecular complexity index is 840. The van der Waals surface area contributed by atoms with E-state index in [0.29, 0.717) is 12.0 Å². The summed E-state index contributed by atoms with van der Waals surface area (Å²) in [4.78, 5) is 4.22. The molecule has 0 aromatic heterocycles. The molecule has 0 amide bonds. The highest BCUT2D eigenvalue weighted by molar-refractivity contribution is 5.40. The first kappa shape index (κ1) is 22.2. The number of benzene rings is 1. The molecular weight excluding hydrogens is 384 g/mol. The minimum Gasteiger partial charge on any atom is -0.367 e. The van der Waals surface area contributed by atoms with Crippen molar-refractivity contribution >= 4 is 0 Å². The van der Waals surface area contributed by atoms with Gasteiger partial charge < -0.3 is 20.2 Å². The third-order valence-corrected chi connectivity index (χ3v) is 7.50. The number of rotatable bonds is 6. The Balaban J connectivity index is 1.78. The van der Waals surface area contributed by atoms with Gasteiger partial charge in [0.25, 0.3) is 0 Å². The Morgan fingerprint density at radius 3 is 2.45 bits per heavy atom. The van der Waals surface area contributed by atoms with E-state index < -0.39 is 5.72 Å². The quantitative estimate of drug-likeness (QED) is 0.645. The molecule has 31 heavy (non-hydrogen) atoms. The van der Waals surface area contributed by atoms with Crippen LogP contribution in [0, 0.1) is 11.8 Å². The van der Waals surface area contributed by atoms with E-state index in [0.717, 1.165) is 30.2 Å². The Morgan fingerprint density at radius 2 is 1.84 bits per heavy atom. The van der Waals surface area contributed by atoms with Gasteiger partial charge in [-0.2, -0.15) is 0 Å². The predicted octanol–water partition coefficient (Wildman–Crippen LogP) is 3.99. The van der Waals surface area contributed by atoms with Crippen LogP contribution < -0.4 is 10.6 Å². The van der Waals surface area contributed by atoms with E-state index in [1.54, 1.807) is 0 Å². The summed E-state index contributed by atoms with van der Waals surface area (Å²) >= 11 is 0. The van der Waals surface area contributed by atoms with Crippen LogP contribution >= 0.6 is 0 Å². The number of likely N-dealkylation sites (N-methyl/N-ethyl adjacent to an activating group) is 1. The fourth-order valence-electron chi connectivity index (χ4n) is 5.71. The van der Waals surface area contributed by atoms with Crippen molar-refractivity contribution in [3.8, 4) is 0 Å². The summed E-state index contributed by atoms with van der Waals surface area (Å²) in [6, 6.07) is 11.2. The molecule has 1 fully saturated rings. The highest BCUT2D eigenvalue weighted by Crippen LogP contribution is 2.48. The fourth-order valence-corrected chi connectivity index (χ4v) is 5.71. The maximum Gasteiger partial charge on any atom is 0.162 e. The smallest absolute Gasteiger partial charge is 0.162 e. The average molecular weight is 425 g/mol. The Hall–Kier alpha value is -1.98. The average Bonchev–Trinajstić information content (AvgIpc) is 3.31. The summed E-state index contributed by atoms with van der Waals surface area (Å²) in [5, 5.41) is 19.6. The third kappa shape index (κ3) is 3.98. The van der Waals surface area contributed by atoms with Crippen LogP contribution in [0.15, 0.2) is 54.1 Å². The lowest BCUT2D eigenvalue weighted by Gasteiger charge is -2.48. The topological polar surface area (TPSA) is 50.8 Å². The van der Waals surface area contributed by atoms with Gasteiger partial charge in [0.1, 0.15) is 11.6 Å². The zero-order valence-corrected chi connectivity index (χ0v) is 19.9. The molecule has 170 valence electrons. The lowest BCUT2D eigenvalue weighted by atomic mass is 9.79. The molecule has 0 saturated heterocycles. The van der Waals surface area contributed by atoms with E-state index in [9.17, 15) is 5.11 Å². The molecule has 0 bridgehead atoms. The van der Waals surface area contributed by atoms with Gasteiger partial charge in [-0.1, -0.05) is 63.6 Å². The summed E-state index contributed by atoms with van der Waals surface area (Å²) in [6.45, 7) is 13.9. The monoisotopic (exact) mass is 424 g/mol. The lowest BCUT2D eigenvalue weighted by Crippen LogP contribution is -2.60. The molecule has 2 aliphatic heterocycles. The molecular formula is C26H40N4O. The highest BCUT2D eigenvalue weighted by atomic mass is 16.3. The van der Waals surface area contributed by atoms with Gasteiger partial charge in [0.2, 0.25) is 0 Å². The van der Waals surface area contributed by atoms with Crippen molar-refractivity contribution in [3.63, 3.8) is 0 Å². The van der Waals surface area contributed by atoms with Crippen LogP contribution in [0.4, 0.5) is 0 Å². The van der Waals surface area contributed by atoms with Crippen LogP contribution in [0.3, 0.4) is 0 Å². The Kier molecular flexibility index (Phi) is 5.86. The van der Waals surface area contributed by atoms with Gasteiger partial charge in [-0.3, -0.25) is 5.32 Å². The minimum absolute atomic E-state index is 0.116. The number of nitrogens with one attached hydrogen (secondary N) is 2. The van der Waals surface area contributed by atoms with Gasteiger partial charge in [0.15, 0.2) is 5.72 Å². The van der Waals surface area contributed by atoms with Gasteiger partial charge in [0, 0.05) is 31.1 Å². The van der Waals surface area contributed by atoms with Crippen LogP contribution in [0.1, 0.15) is 58.9 Å². The molecule has 2 heterocycles. The maximum atomic E-state index is 11.8. The second-order valence-electron chi connectivity index (χ2n) is 10.5. The standard InChI is InChI=1S/C26H40N4O/c1-18(2)17-30-19(3)29(6)26(5,31)23-22(16-20-12-8-7-9-13-20)25(4,28-24(23)30)27-21-14-10-11-15-21/h7-9,12-13,18,21-22,27-28,31H,3,10-11,14-17H2,1-2,4-6H3. The molecule has 1 aliphatic carbocycles. The molecule has 3 unspecified atom stereocenters. The number of hydrogen-bond donors (Lipinski definition) is 3. The summed E-state index contributed by atoms with van der Waals surface area (Å²) in [5.41, 5.74) is 0.933. The van der Waals surface area contributed by atoms with Crippen molar-refractivity contribution < 1.29 is 5.11 Å². The predicted molar refractivity (Wildman–Crippen MR) is 127 cm³/mol. The first-order valence-corrected chi connectivity index (χ1v) is 11.9. The summed E-state index contributed by atoms with van der Waals surface area (Å²) in [7, 11) is 1.96. The molecule has 3 atom stereocenters. The van der Waals surface area contributed by atoms with Crippen LogP contribution in [0.5, 0.6) is 0 Å². The fraction of sp³-hybridized carbons (Fsp3) is 0.615. The Morgan fingerprint density at radius 1 is 1.19 bits per heavy atom. The molecule has 0 radical (unpaired) electrons. The number of hydrogen-bond acceptors (Lipinski definition) is 5. The van der Waals surface area contributed by atoms with Crippen molar-refractivity contribution in [2.75, 3.05) is 13.6 Å². The van der Waals surface area contributed by atoms with Crippen LogP contribution in [-0.2, 0) is 6.42 Å². The Labute approximate surface area is 188 Å². The van der Waals surface area contributed by atoms with Gasteiger partial charge in [-0.05, 0) is 44.6 Å². The van der Waals surface area contributed by atoms with E-state index in [2.05, 4.69) is 73.2 Å². The SMILES string of the molecule is C=C1N(CC(C)C)C2=C(C(Cc3ccccc3)C(C)(NC3CCCC3)N2)C(C)(O)N1C. The largest absolute Gasteiger partial charge is 0.367 e. The van der Waals surface area contributed by atoms with Gasteiger partial charge >= 0.3 is 0 Å². The summed E-state index contributed by atoms with van der Waals surface area (Å²) < 4.78 is 0. The van der Waals surface area contributed by atoms with E-state index in [4.69, 9.17) is 0 Å². The summed E-state index contributed by atoms with van der Waals surface area (Å²) in [5.74, 6) is 2.47. The molecule has 5 nitrogen and oxygen atoms in total. The zero-order chi connectivity index (χ0) is 22.4. The number of nitrogens with zero attached hydrogens (tertiary/aromatic N) is 2. The minimum atomic E-state index is -1.10. The first-order valence-electron chi connectivity index (χ1n) is 11.9. The molecule has 4 rings (SSSR count). The highest BCUT2D eigenvalue weighted by Gasteiger charge is 2.55. The van der Waals surface area contributed by atoms with Gasteiger partial charge in [0.05, 0.1) is 5.66 Å². The van der Waals surface area contributed by atoms with Crippen LogP contribution in [-0.4, -0.2) is 45.9 Å². The molecule has 5 heteroatoms. The zero-order valence-electron chi connectivity index (χ0n) is 19.9. The maximum absolute atomic E-state index is 11.8. The van der Waals surface area contributed by atoms with E-state index >= 15 is 0 Å². The van der Waals surface area contributed by atoms with Gasteiger partial charge in [-0.25, -0.2) is 0 Å². The van der Waals surface area contributed by atoms with E-state index in [1.165, 1.54) is 31.2 Å². The summed E-state index contributed by atoms with van der Waals surface area (Å²) in [6.07, 6.45) is 5.90. The van der Waals surface area contributed by atoms with E-state index in [-0.39, 0.29) is 11.6 Å². The van der Waals surface area contributed by atoms with Crippen LogP contribution in [0.2, 0.25) is 0 Å². The molecule has 1 aromatic rings. The van der Waals surface area contributed by atoms with E-state index in [1.807, 2.05) is 18.9 Å². The molecule has 1 aromatic carbocycles. The van der Waals surface area contributed by atoms with Crippen molar-refractivity contribution in [2.24, 2.45) is 11.8 Å². The van der Waals surface area contributed by atoms with Crippen LogP contribution in [0.25, 0.3) is 0 Å². The van der Waals surface area contributed by atoms with Crippen molar-refractivity contribution in [1.82, 2.24) is 20.4 Å². The van der Waals surface area contributed by atoms with Crippen molar-refractivity contribution in [2.45, 2.75) is 77.2 Å².